The molecule has 2 rings (SSSR count). The maximum atomic E-state index is 10.8. The average molecular weight is 306 g/mol. The van der Waals surface area contributed by atoms with Gasteiger partial charge in [-0.25, -0.2) is 0 Å². The summed E-state index contributed by atoms with van der Waals surface area (Å²) in [4.78, 5) is 10.3. The van der Waals surface area contributed by atoms with Gasteiger partial charge in [0, 0.05) is 11.1 Å². The Morgan fingerprint density at radius 1 is 1.29 bits per heavy atom. The van der Waals surface area contributed by atoms with Crippen molar-refractivity contribution in [1.82, 2.24) is 0 Å². The molecule has 2 aromatic rings. The van der Waals surface area contributed by atoms with E-state index in [1.807, 2.05) is 0 Å². The van der Waals surface area contributed by atoms with Crippen LogP contribution in [0.1, 0.15) is 11.1 Å². The van der Waals surface area contributed by atoms with E-state index in [0.717, 1.165) is 5.56 Å². The molecule has 7 heteroatoms. The molecule has 0 saturated carbocycles. The molecule has 0 spiro atoms. The van der Waals surface area contributed by atoms with Crippen molar-refractivity contribution in [3.8, 4) is 11.5 Å². The third-order valence-corrected chi connectivity index (χ3v) is 3.07. The highest BCUT2D eigenvalue weighted by Gasteiger charge is 2.13. The van der Waals surface area contributed by atoms with Gasteiger partial charge in [-0.05, 0) is 36.8 Å². The molecule has 6 nitrogen and oxygen atoms in total. The molecule has 0 saturated heterocycles. The number of nitro groups is 1. The number of nitrogens with one attached hydrogen (secondary N) is 1. The Morgan fingerprint density at radius 2 is 2.00 bits per heavy atom. The highest BCUT2D eigenvalue weighted by atomic mass is 35.5. The fourth-order valence-corrected chi connectivity index (χ4v) is 1.90. The lowest BCUT2D eigenvalue weighted by Crippen LogP contribution is -2.12. The zero-order chi connectivity index (χ0) is 15.6. The molecule has 0 fully saturated rings. The second kappa shape index (κ2) is 5.80. The molecule has 2 aromatic carbocycles. The molecule has 0 radical (unpaired) electrons. The number of nitro benzene ring substituents is 1. The fraction of sp³-hybridized carbons (Fsp3) is 0.0714. The van der Waals surface area contributed by atoms with Crippen LogP contribution in [-0.4, -0.2) is 10.8 Å². The lowest BCUT2D eigenvalue weighted by molar-refractivity contribution is -0.384. The van der Waals surface area contributed by atoms with E-state index in [0.29, 0.717) is 22.1 Å². The van der Waals surface area contributed by atoms with Crippen molar-refractivity contribution in [3.05, 3.63) is 62.7 Å². The smallest absolute Gasteiger partial charge is 0.273 e. The first-order chi connectivity index (χ1) is 9.88. The van der Waals surface area contributed by atoms with E-state index in [1.165, 1.54) is 18.2 Å². The van der Waals surface area contributed by atoms with Crippen LogP contribution in [-0.2, 0) is 0 Å². The van der Waals surface area contributed by atoms with Crippen molar-refractivity contribution >= 4 is 23.1 Å². The highest BCUT2D eigenvalue weighted by Crippen LogP contribution is 2.32. The summed E-state index contributed by atoms with van der Waals surface area (Å²) in [5.41, 5.74) is 6.47. The molecular formula is C14H12ClN3O3. The summed E-state index contributed by atoms with van der Waals surface area (Å²) in [5, 5.41) is 18.8. The third kappa shape index (κ3) is 3.29. The zero-order valence-electron chi connectivity index (χ0n) is 11.1. The predicted molar refractivity (Wildman–Crippen MR) is 80.4 cm³/mol. The van der Waals surface area contributed by atoms with Gasteiger partial charge in [0.15, 0.2) is 0 Å². The largest absolute Gasteiger partial charge is 0.456 e. The maximum Gasteiger partial charge on any atom is 0.273 e. The van der Waals surface area contributed by atoms with Gasteiger partial charge in [-0.3, -0.25) is 15.5 Å². The number of ether oxygens (including phenoxy) is 1. The van der Waals surface area contributed by atoms with E-state index < -0.39 is 4.92 Å². The Morgan fingerprint density at radius 3 is 2.62 bits per heavy atom. The normalized spacial score (nSPS) is 10.2. The first-order valence-corrected chi connectivity index (χ1v) is 6.33. The first kappa shape index (κ1) is 14.8. The minimum Gasteiger partial charge on any atom is -0.456 e. The van der Waals surface area contributed by atoms with Crippen LogP contribution in [0.15, 0.2) is 36.4 Å². The zero-order valence-corrected chi connectivity index (χ0v) is 11.8. The number of halogens is 1. The molecule has 0 aliphatic carbocycles. The van der Waals surface area contributed by atoms with Crippen LogP contribution < -0.4 is 10.5 Å². The van der Waals surface area contributed by atoms with Crippen LogP contribution in [0.2, 0.25) is 5.02 Å². The van der Waals surface area contributed by atoms with Crippen molar-refractivity contribution < 1.29 is 9.66 Å². The van der Waals surface area contributed by atoms with Crippen LogP contribution in [0, 0.1) is 22.4 Å². The van der Waals surface area contributed by atoms with E-state index in [4.69, 9.17) is 27.5 Å². The second-order valence-electron chi connectivity index (χ2n) is 4.36. The Labute approximate surface area is 125 Å². The molecule has 0 heterocycles. The number of hydrogen-bond donors (Lipinski definition) is 2. The first-order valence-electron chi connectivity index (χ1n) is 5.95. The summed E-state index contributed by atoms with van der Waals surface area (Å²) in [7, 11) is 0. The number of non-ortho nitro benzene ring substituents is 1. The molecular weight excluding hydrogens is 294 g/mol. The second-order valence-corrected chi connectivity index (χ2v) is 4.80. The molecule has 108 valence electrons. The minimum absolute atomic E-state index is 0.0751. The summed E-state index contributed by atoms with van der Waals surface area (Å²) in [6.07, 6.45) is 0. The van der Waals surface area contributed by atoms with Crippen LogP contribution in [0.5, 0.6) is 11.5 Å². The molecule has 0 aliphatic rings. The van der Waals surface area contributed by atoms with E-state index in [1.54, 1.807) is 25.1 Å². The van der Waals surface area contributed by atoms with Crippen molar-refractivity contribution in [2.45, 2.75) is 6.92 Å². The highest BCUT2D eigenvalue weighted by molar-refractivity contribution is 6.31. The van der Waals surface area contributed by atoms with Gasteiger partial charge in [0.2, 0.25) is 0 Å². The van der Waals surface area contributed by atoms with Crippen LogP contribution in [0.3, 0.4) is 0 Å². The number of nitrogen functional groups attached to an aromatic ring is 1. The standard InChI is InChI=1S/C14H12ClN3O3/c1-8-2-4-10(18(19)20)7-13(8)21-12-5-3-9(15)6-11(12)14(16)17/h2-7H,1H3,(H3,16,17). The van der Waals surface area contributed by atoms with Crippen molar-refractivity contribution in [2.24, 2.45) is 5.73 Å². The lowest BCUT2D eigenvalue weighted by atomic mass is 10.1. The van der Waals surface area contributed by atoms with Gasteiger partial charge in [-0.2, -0.15) is 0 Å². The maximum absolute atomic E-state index is 10.8. The topological polar surface area (TPSA) is 102 Å². The molecule has 0 atom stereocenters. The van der Waals surface area contributed by atoms with Gasteiger partial charge in [0.25, 0.3) is 5.69 Å². The van der Waals surface area contributed by atoms with Crippen LogP contribution in [0.25, 0.3) is 0 Å². The van der Waals surface area contributed by atoms with Gasteiger partial charge in [-0.1, -0.05) is 11.6 Å². The van der Waals surface area contributed by atoms with E-state index in [-0.39, 0.29) is 11.5 Å². The monoisotopic (exact) mass is 305 g/mol. The Balaban J connectivity index is 2.45. The number of aryl methyl sites for hydroxylation is 1. The molecule has 0 aliphatic heterocycles. The Bertz CT molecular complexity index is 731. The number of nitrogens with zero attached hydrogens (tertiary/aromatic N) is 1. The van der Waals surface area contributed by atoms with Gasteiger partial charge in [-0.15, -0.1) is 0 Å². The van der Waals surface area contributed by atoms with E-state index in [9.17, 15) is 10.1 Å². The number of rotatable bonds is 4. The summed E-state index contributed by atoms with van der Waals surface area (Å²) < 4.78 is 5.66. The number of benzene rings is 2. The quantitative estimate of drug-likeness (QED) is 0.389. The Kier molecular flexibility index (Phi) is 4.09. The van der Waals surface area contributed by atoms with Gasteiger partial charge in [0.1, 0.15) is 17.3 Å². The third-order valence-electron chi connectivity index (χ3n) is 2.83. The Hall–Kier alpha value is -2.60. The van der Waals surface area contributed by atoms with Crippen molar-refractivity contribution in [3.63, 3.8) is 0 Å². The molecule has 21 heavy (non-hydrogen) atoms. The number of hydrogen-bond acceptors (Lipinski definition) is 4. The van der Waals surface area contributed by atoms with Crippen molar-refractivity contribution in [1.29, 1.82) is 5.41 Å². The summed E-state index contributed by atoms with van der Waals surface area (Å²) in [6.45, 7) is 1.77. The molecule has 0 amide bonds. The van der Waals surface area contributed by atoms with Crippen LogP contribution in [0.4, 0.5) is 5.69 Å². The number of amidine groups is 1. The summed E-state index contributed by atoms with van der Waals surface area (Å²) >= 11 is 5.86. The average Bonchev–Trinajstić information content (AvgIpc) is 2.42. The number of nitrogens with two attached hydrogens (primary N) is 1. The van der Waals surface area contributed by atoms with E-state index in [2.05, 4.69) is 0 Å². The van der Waals surface area contributed by atoms with Crippen LogP contribution >= 0.6 is 11.6 Å². The van der Waals surface area contributed by atoms with Gasteiger partial charge < -0.3 is 10.5 Å². The summed E-state index contributed by atoms with van der Waals surface area (Å²) in [6, 6.07) is 8.99. The molecule has 3 N–H and O–H groups in total. The predicted octanol–water partition coefficient (Wildman–Crippen LogP) is 3.63. The fourth-order valence-electron chi connectivity index (χ4n) is 1.73. The van der Waals surface area contributed by atoms with Gasteiger partial charge in [0.05, 0.1) is 16.6 Å². The minimum atomic E-state index is -0.500. The SMILES string of the molecule is Cc1ccc([N+](=O)[O-])cc1Oc1ccc(Cl)cc1C(=N)N. The molecule has 0 aromatic heterocycles. The lowest BCUT2D eigenvalue weighted by Gasteiger charge is -2.12. The molecule has 0 bridgehead atoms. The van der Waals surface area contributed by atoms with E-state index >= 15 is 0 Å². The van der Waals surface area contributed by atoms with Crippen molar-refractivity contribution in [2.75, 3.05) is 0 Å². The summed E-state index contributed by atoms with van der Waals surface area (Å²) in [5.74, 6) is 0.445. The van der Waals surface area contributed by atoms with Gasteiger partial charge >= 0.3 is 0 Å². The molecule has 0 unspecified atom stereocenters.